The largest absolute Gasteiger partial charge is 0.348 e. The van der Waals surface area contributed by atoms with Crippen molar-refractivity contribution in [2.45, 2.75) is 26.2 Å². The molecule has 8 nitrogen and oxygen atoms in total. The molecule has 0 saturated carbocycles. The zero-order valence-electron chi connectivity index (χ0n) is 18.7. The lowest BCUT2D eigenvalue weighted by molar-refractivity contribution is -0.130. The van der Waals surface area contributed by atoms with Gasteiger partial charge in [-0.2, -0.15) is 0 Å². The van der Waals surface area contributed by atoms with Gasteiger partial charge in [0.15, 0.2) is 0 Å². The van der Waals surface area contributed by atoms with Crippen molar-refractivity contribution in [3.63, 3.8) is 0 Å². The first-order valence-corrected chi connectivity index (χ1v) is 11.1. The van der Waals surface area contributed by atoms with Crippen molar-refractivity contribution in [1.29, 1.82) is 5.41 Å². The molecule has 0 radical (unpaired) electrons. The fourth-order valence-corrected chi connectivity index (χ4v) is 4.22. The predicted octanol–water partition coefficient (Wildman–Crippen LogP) is 2.69. The number of hydrogen-bond donors (Lipinski definition) is 2. The Kier molecular flexibility index (Phi) is 5.63. The van der Waals surface area contributed by atoms with Gasteiger partial charge in [-0.25, -0.2) is 4.99 Å². The van der Waals surface area contributed by atoms with E-state index in [1.54, 1.807) is 47.8 Å². The highest BCUT2D eigenvalue weighted by atomic mass is 16.2. The Hall–Kier alpha value is -4.33. The molecule has 34 heavy (non-hydrogen) atoms. The van der Waals surface area contributed by atoms with Gasteiger partial charge in [0, 0.05) is 31.7 Å². The van der Waals surface area contributed by atoms with Gasteiger partial charge in [0.05, 0.1) is 11.5 Å². The van der Waals surface area contributed by atoms with Gasteiger partial charge in [-0.1, -0.05) is 48.0 Å². The molecule has 0 spiro atoms. The first-order valence-electron chi connectivity index (χ1n) is 11.1. The van der Waals surface area contributed by atoms with Crippen LogP contribution in [0.4, 0.5) is 0 Å². The molecular formula is C26H24N6O2. The Labute approximate surface area is 197 Å². The normalized spacial score (nSPS) is 21.0. The Morgan fingerprint density at radius 1 is 1.15 bits per heavy atom. The van der Waals surface area contributed by atoms with E-state index in [0.29, 0.717) is 12.4 Å². The Morgan fingerprint density at radius 2 is 1.97 bits per heavy atom. The molecule has 0 saturated heterocycles. The first-order chi connectivity index (χ1) is 16.5. The zero-order chi connectivity index (χ0) is 23.7. The van der Waals surface area contributed by atoms with Crippen LogP contribution in [-0.2, 0) is 22.7 Å². The lowest BCUT2D eigenvalue weighted by Gasteiger charge is -2.43. The average Bonchev–Trinajstić information content (AvgIpc) is 2.86. The van der Waals surface area contributed by atoms with Gasteiger partial charge in [-0.05, 0) is 36.3 Å². The second-order valence-electron chi connectivity index (χ2n) is 8.42. The van der Waals surface area contributed by atoms with Crippen LogP contribution in [0.5, 0.6) is 0 Å². The number of fused-ring (bicyclic) bond motifs is 2. The molecule has 2 atom stereocenters. The number of carbonyl (C=O) groups excluding carboxylic acids is 2. The molecular weight excluding hydrogens is 428 g/mol. The number of aryl methyl sites for hydroxylation is 1. The Morgan fingerprint density at radius 3 is 2.74 bits per heavy atom. The monoisotopic (exact) mass is 452 g/mol. The molecule has 1 aromatic carbocycles. The van der Waals surface area contributed by atoms with Crippen molar-refractivity contribution in [3.8, 4) is 0 Å². The topological polar surface area (TPSA) is 102 Å². The van der Waals surface area contributed by atoms with E-state index < -0.39 is 18.0 Å². The van der Waals surface area contributed by atoms with Gasteiger partial charge in [0.2, 0.25) is 5.91 Å². The van der Waals surface area contributed by atoms with E-state index in [4.69, 9.17) is 10.4 Å². The number of rotatable bonds is 5. The predicted molar refractivity (Wildman–Crippen MR) is 128 cm³/mol. The Bertz CT molecular complexity index is 1260. The molecule has 2 aromatic rings. The van der Waals surface area contributed by atoms with Crippen molar-refractivity contribution in [3.05, 3.63) is 102 Å². The lowest BCUT2D eigenvalue weighted by atomic mass is 9.91. The van der Waals surface area contributed by atoms with Crippen LogP contribution >= 0.6 is 0 Å². The highest BCUT2D eigenvalue weighted by molar-refractivity contribution is 6.21. The lowest BCUT2D eigenvalue weighted by Crippen LogP contribution is -2.56. The van der Waals surface area contributed by atoms with E-state index in [1.807, 2.05) is 43.3 Å². The van der Waals surface area contributed by atoms with Crippen molar-refractivity contribution in [1.82, 2.24) is 20.1 Å². The van der Waals surface area contributed by atoms with Crippen LogP contribution in [0.15, 0.2) is 89.9 Å². The number of amides is 2. The maximum Gasteiger partial charge on any atom is 0.254 e. The van der Waals surface area contributed by atoms with Crippen LogP contribution in [-0.4, -0.2) is 44.4 Å². The van der Waals surface area contributed by atoms with Crippen LogP contribution in [0, 0.1) is 18.3 Å². The smallest absolute Gasteiger partial charge is 0.254 e. The number of amidine groups is 2. The van der Waals surface area contributed by atoms with Crippen LogP contribution in [0.25, 0.3) is 0 Å². The minimum absolute atomic E-state index is 0.0476. The second-order valence-corrected chi connectivity index (χ2v) is 8.42. The third-order valence-corrected chi connectivity index (χ3v) is 6.05. The minimum atomic E-state index is -0.682. The van der Waals surface area contributed by atoms with Crippen LogP contribution < -0.4 is 5.32 Å². The molecule has 0 fully saturated rings. The summed E-state index contributed by atoms with van der Waals surface area (Å²) < 4.78 is 0. The molecule has 4 heterocycles. The summed E-state index contributed by atoms with van der Waals surface area (Å²) in [5.74, 6) is -0.675. The molecule has 3 aliphatic rings. The summed E-state index contributed by atoms with van der Waals surface area (Å²) in [5.41, 5.74) is 3.12. The summed E-state index contributed by atoms with van der Waals surface area (Å²) in [7, 11) is 0. The van der Waals surface area contributed by atoms with Gasteiger partial charge in [-0.3, -0.25) is 24.9 Å². The van der Waals surface area contributed by atoms with Gasteiger partial charge in [0.25, 0.3) is 5.91 Å². The number of benzene rings is 1. The maximum atomic E-state index is 13.4. The SMILES string of the molecule is Cc1ccc(CN2C(=N)C(C(=O)NCc3cccnc3)=CC3C(=O)N4C=CC=CC4=NC32)cc1. The van der Waals surface area contributed by atoms with Crippen LogP contribution in [0.1, 0.15) is 16.7 Å². The van der Waals surface area contributed by atoms with Crippen molar-refractivity contribution in [2.24, 2.45) is 10.9 Å². The molecule has 5 rings (SSSR count). The van der Waals surface area contributed by atoms with Gasteiger partial charge < -0.3 is 10.2 Å². The fraction of sp³-hybridized carbons (Fsp3) is 0.192. The molecule has 2 amide bonds. The van der Waals surface area contributed by atoms with Gasteiger partial charge >= 0.3 is 0 Å². The van der Waals surface area contributed by atoms with E-state index >= 15 is 0 Å². The van der Waals surface area contributed by atoms with Gasteiger partial charge in [0.1, 0.15) is 17.8 Å². The van der Waals surface area contributed by atoms with Crippen LogP contribution in [0.3, 0.4) is 0 Å². The van der Waals surface area contributed by atoms with Crippen LogP contribution in [0.2, 0.25) is 0 Å². The highest BCUT2D eigenvalue weighted by Crippen LogP contribution is 2.32. The quantitative estimate of drug-likeness (QED) is 0.728. The zero-order valence-corrected chi connectivity index (χ0v) is 18.7. The first kappa shape index (κ1) is 21.5. The second kappa shape index (κ2) is 8.90. The molecule has 0 bridgehead atoms. The third kappa shape index (κ3) is 4.05. The number of aromatic nitrogens is 1. The van der Waals surface area contributed by atoms with E-state index in [9.17, 15) is 9.59 Å². The molecule has 2 unspecified atom stereocenters. The van der Waals surface area contributed by atoms with E-state index in [2.05, 4.69) is 10.3 Å². The molecule has 2 N–H and O–H groups in total. The molecule has 8 heteroatoms. The standard InChI is InChI=1S/C26H24N6O2/c1-17-7-9-18(10-8-17)16-32-23(27)20(25(33)29-15-19-5-4-11-28-14-19)13-21-24(32)30-22-6-2-3-12-31(22)26(21)34/h2-14,21,24,27H,15-16H2,1H3,(H,29,33). The highest BCUT2D eigenvalue weighted by Gasteiger charge is 2.45. The summed E-state index contributed by atoms with van der Waals surface area (Å²) in [6.07, 6.45) is 11.4. The molecule has 170 valence electrons. The number of nitrogens with one attached hydrogen (secondary N) is 2. The molecule has 1 aromatic heterocycles. The minimum Gasteiger partial charge on any atom is -0.348 e. The maximum absolute atomic E-state index is 13.4. The molecule has 0 aliphatic carbocycles. The third-order valence-electron chi connectivity index (χ3n) is 6.05. The fourth-order valence-electron chi connectivity index (χ4n) is 4.22. The van der Waals surface area contributed by atoms with E-state index in [-0.39, 0.29) is 23.9 Å². The number of aliphatic imine (C=N–C) groups is 1. The summed E-state index contributed by atoms with van der Waals surface area (Å²) >= 11 is 0. The summed E-state index contributed by atoms with van der Waals surface area (Å²) in [6, 6.07) is 11.7. The summed E-state index contributed by atoms with van der Waals surface area (Å²) in [6.45, 7) is 2.65. The number of allylic oxidation sites excluding steroid dienone is 2. The van der Waals surface area contributed by atoms with Crippen molar-refractivity contribution in [2.75, 3.05) is 0 Å². The summed E-state index contributed by atoms with van der Waals surface area (Å²) in [4.78, 5) is 38.6. The van der Waals surface area contributed by atoms with Crippen molar-refractivity contribution >= 4 is 23.5 Å². The summed E-state index contributed by atoms with van der Waals surface area (Å²) in [5, 5.41) is 11.7. The molecule has 3 aliphatic heterocycles. The number of nitrogens with zero attached hydrogens (tertiary/aromatic N) is 4. The van der Waals surface area contributed by atoms with E-state index in [1.165, 1.54) is 4.90 Å². The van der Waals surface area contributed by atoms with E-state index in [0.717, 1.165) is 16.7 Å². The average molecular weight is 453 g/mol. The Balaban J connectivity index is 1.48. The number of hydrogen-bond acceptors (Lipinski definition) is 5. The van der Waals surface area contributed by atoms with Crippen molar-refractivity contribution < 1.29 is 9.59 Å². The number of carbonyl (C=O) groups is 2. The number of pyridine rings is 1. The van der Waals surface area contributed by atoms with Gasteiger partial charge in [-0.15, -0.1) is 0 Å².